The normalized spacial score (nSPS) is 17.3. The molecule has 0 aromatic heterocycles. The van der Waals surface area contributed by atoms with E-state index in [0.717, 1.165) is 24.2 Å². The number of aryl methyl sites for hydroxylation is 1. The number of nitrogens with two attached hydrogens (primary N) is 1. The number of halogens is 2. The second-order valence-electron chi connectivity index (χ2n) is 4.82. The highest BCUT2D eigenvalue weighted by Gasteiger charge is 2.22. The molecule has 1 aliphatic rings. The molecule has 98 valence electrons. The zero-order valence-electron chi connectivity index (χ0n) is 10.3. The third-order valence-electron chi connectivity index (χ3n) is 3.51. The quantitative estimate of drug-likeness (QED) is 0.811. The lowest BCUT2D eigenvalue weighted by atomic mass is 10.1. The van der Waals surface area contributed by atoms with Gasteiger partial charge in [-0.3, -0.25) is 0 Å². The maximum atomic E-state index is 13.2. The van der Waals surface area contributed by atoms with E-state index in [1.807, 2.05) is 12.1 Å². The van der Waals surface area contributed by atoms with Gasteiger partial charge in [0, 0.05) is 11.4 Å². The van der Waals surface area contributed by atoms with Gasteiger partial charge in [0.15, 0.2) is 0 Å². The first kappa shape index (κ1) is 12.5. The minimum Gasteiger partial charge on any atom is -0.399 e. The van der Waals surface area contributed by atoms with E-state index in [9.17, 15) is 4.39 Å². The Morgan fingerprint density at radius 1 is 1.21 bits per heavy atom. The number of rotatable bonds is 2. The van der Waals surface area contributed by atoms with Crippen LogP contribution < -0.4 is 11.1 Å². The minimum absolute atomic E-state index is 0.245. The third-order valence-corrected chi connectivity index (χ3v) is 4.11. The number of nitrogens with one attached hydrogen (secondary N) is 1. The monoisotopic (exact) mass is 320 g/mol. The van der Waals surface area contributed by atoms with E-state index in [0.29, 0.717) is 4.47 Å². The fourth-order valence-corrected chi connectivity index (χ4v) is 2.95. The molecule has 2 aromatic carbocycles. The lowest BCUT2D eigenvalue weighted by molar-refractivity contribution is 0.621. The predicted octanol–water partition coefficient (Wildman–Crippen LogP) is 4.27. The fraction of sp³-hybridized carbons (Fsp3) is 0.200. The van der Waals surface area contributed by atoms with Crippen LogP contribution in [0.5, 0.6) is 0 Å². The maximum Gasteiger partial charge on any atom is 0.137 e. The van der Waals surface area contributed by atoms with Gasteiger partial charge >= 0.3 is 0 Å². The summed E-state index contributed by atoms with van der Waals surface area (Å²) in [5.41, 5.74) is 10.1. The Kier molecular flexibility index (Phi) is 3.19. The molecule has 3 rings (SSSR count). The summed E-state index contributed by atoms with van der Waals surface area (Å²) in [5, 5.41) is 3.45. The van der Waals surface area contributed by atoms with Crippen molar-refractivity contribution in [1.82, 2.24) is 0 Å². The number of hydrogen-bond acceptors (Lipinski definition) is 2. The van der Waals surface area contributed by atoms with Crippen molar-refractivity contribution in [3.05, 3.63) is 57.8 Å². The summed E-state index contributed by atoms with van der Waals surface area (Å²) in [6, 6.07) is 11.3. The van der Waals surface area contributed by atoms with Crippen molar-refractivity contribution in [1.29, 1.82) is 0 Å². The first-order chi connectivity index (χ1) is 9.13. The molecule has 3 N–H and O–H groups in total. The van der Waals surface area contributed by atoms with Crippen LogP contribution in [-0.2, 0) is 6.42 Å². The number of anilines is 2. The van der Waals surface area contributed by atoms with Gasteiger partial charge < -0.3 is 11.1 Å². The van der Waals surface area contributed by atoms with Crippen molar-refractivity contribution in [3.8, 4) is 0 Å². The van der Waals surface area contributed by atoms with E-state index >= 15 is 0 Å². The van der Waals surface area contributed by atoms with Gasteiger partial charge in [-0.2, -0.15) is 0 Å². The predicted molar refractivity (Wildman–Crippen MR) is 79.6 cm³/mol. The number of benzene rings is 2. The summed E-state index contributed by atoms with van der Waals surface area (Å²) >= 11 is 3.21. The second kappa shape index (κ2) is 4.85. The average molecular weight is 321 g/mol. The summed E-state index contributed by atoms with van der Waals surface area (Å²) in [6.07, 6.45) is 2.06. The molecule has 0 radical (unpaired) electrons. The van der Waals surface area contributed by atoms with E-state index in [-0.39, 0.29) is 11.9 Å². The van der Waals surface area contributed by atoms with Crippen LogP contribution in [-0.4, -0.2) is 0 Å². The standard InChI is InChI=1S/C15H14BrFN2/c16-13-8-11(3-5-14(13)17)19-15-6-1-9-7-10(18)2-4-12(9)15/h2-5,7-8,15,19H,1,6,18H2. The highest BCUT2D eigenvalue weighted by atomic mass is 79.9. The van der Waals surface area contributed by atoms with Crippen molar-refractivity contribution in [2.75, 3.05) is 11.1 Å². The zero-order valence-corrected chi connectivity index (χ0v) is 11.9. The Bertz CT molecular complexity index is 628. The van der Waals surface area contributed by atoms with Crippen LogP contribution in [0.3, 0.4) is 0 Å². The molecule has 0 bridgehead atoms. The Morgan fingerprint density at radius 3 is 2.84 bits per heavy atom. The molecule has 0 fully saturated rings. The number of fused-ring (bicyclic) bond motifs is 1. The van der Waals surface area contributed by atoms with Crippen LogP contribution in [0, 0.1) is 5.82 Å². The lowest BCUT2D eigenvalue weighted by Crippen LogP contribution is -2.07. The molecule has 0 aliphatic heterocycles. The van der Waals surface area contributed by atoms with Crippen LogP contribution >= 0.6 is 15.9 Å². The Labute approximate surface area is 120 Å². The third kappa shape index (κ3) is 2.45. The Balaban J connectivity index is 1.84. The largest absolute Gasteiger partial charge is 0.399 e. The van der Waals surface area contributed by atoms with Crippen molar-refractivity contribution in [2.45, 2.75) is 18.9 Å². The maximum absolute atomic E-state index is 13.2. The average Bonchev–Trinajstić information content (AvgIpc) is 2.76. The van der Waals surface area contributed by atoms with E-state index in [4.69, 9.17) is 5.73 Å². The van der Waals surface area contributed by atoms with Crippen molar-refractivity contribution in [3.63, 3.8) is 0 Å². The molecule has 1 aliphatic carbocycles. The second-order valence-corrected chi connectivity index (χ2v) is 5.68. The molecule has 2 aromatic rings. The highest BCUT2D eigenvalue weighted by Crippen LogP contribution is 2.35. The molecule has 0 heterocycles. The molecule has 2 nitrogen and oxygen atoms in total. The van der Waals surface area contributed by atoms with Gasteiger partial charge in [-0.25, -0.2) is 4.39 Å². The van der Waals surface area contributed by atoms with Gasteiger partial charge in [0.2, 0.25) is 0 Å². The van der Waals surface area contributed by atoms with Crippen LogP contribution in [0.4, 0.5) is 15.8 Å². The topological polar surface area (TPSA) is 38.0 Å². The zero-order chi connectivity index (χ0) is 13.4. The van der Waals surface area contributed by atoms with Crippen molar-refractivity contribution >= 4 is 27.3 Å². The summed E-state index contributed by atoms with van der Waals surface area (Å²) in [4.78, 5) is 0. The fourth-order valence-electron chi connectivity index (χ4n) is 2.57. The van der Waals surface area contributed by atoms with Gasteiger partial charge in [-0.1, -0.05) is 6.07 Å². The molecule has 19 heavy (non-hydrogen) atoms. The van der Waals surface area contributed by atoms with Crippen LogP contribution in [0.2, 0.25) is 0 Å². The van der Waals surface area contributed by atoms with Crippen LogP contribution in [0.15, 0.2) is 40.9 Å². The van der Waals surface area contributed by atoms with Gasteiger partial charge in [0.25, 0.3) is 0 Å². The molecule has 0 amide bonds. The van der Waals surface area contributed by atoms with E-state index in [1.165, 1.54) is 17.2 Å². The molecule has 1 unspecified atom stereocenters. The van der Waals surface area contributed by atoms with E-state index in [1.54, 1.807) is 12.1 Å². The van der Waals surface area contributed by atoms with Gasteiger partial charge in [0.1, 0.15) is 5.82 Å². The molecule has 4 heteroatoms. The smallest absolute Gasteiger partial charge is 0.137 e. The van der Waals surface area contributed by atoms with E-state index < -0.39 is 0 Å². The van der Waals surface area contributed by atoms with Gasteiger partial charge in [0.05, 0.1) is 10.5 Å². The van der Waals surface area contributed by atoms with E-state index in [2.05, 4.69) is 27.3 Å². The van der Waals surface area contributed by atoms with Crippen molar-refractivity contribution in [2.24, 2.45) is 0 Å². The SMILES string of the molecule is Nc1ccc2c(c1)CCC2Nc1ccc(F)c(Br)c1. The molecular weight excluding hydrogens is 307 g/mol. The number of nitrogen functional groups attached to an aromatic ring is 1. The Morgan fingerprint density at radius 2 is 2.05 bits per heavy atom. The summed E-state index contributed by atoms with van der Waals surface area (Å²) < 4.78 is 13.7. The molecule has 0 spiro atoms. The highest BCUT2D eigenvalue weighted by molar-refractivity contribution is 9.10. The Hall–Kier alpha value is -1.55. The first-order valence-corrected chi connectivity index (χ1v) is 7.02. The summed E-state index contributed by atoms with van der Waals surface area (Å²) in [5.74, 6) is -0.245. The number of hydrogen-bond donors (Lipinski definition) is 2. The van der Waals surface area contributed by atoms with Gasteiger partial charge in [-0.05, 0) is 70.2 Å². The minimum atomic E-state index is -0.245. The molecule has 0 saturated heterocycles. The lowest BCUT2D eigenvalue weighted by Gasteiger charge is -2.16. The van der Waals surface area contributed by atoms with Crippen LogP contribution in [0.1, 0.15) is 23.6 Å². The van der Waals surface area contributed by atoms with Crippen molar-refractivity contribution < 1.29 is 4.39 Å². The molecule has 1 atom stereocenters. The molecule has 0 saturated carbocycles. The summed E-state index contributed by atoms with van der Waals surface area (Å²) in [6.45, 7) is 0. The summed E-state index contributed by atoms with van der Waals surface area (Å²) in [7, 11) is 0. The molecular formula is C15H14BrFN2. The van der Waals surface area contributed by atoms with Gasteiger partial charge in [-0.15, -0.1) is 0 Å². The first-order valence-electron chi connectivity index (χ1n) is 6.23. The van der Waals surface area contributed by atoms with Crippen LogP contribution in [0.25, 0.3) is 0 Å².